The zero-order valence-electron chi connectivity index (χ0n) is 30.3. The second-order valence-corrected chi connectivity index (χ2v) is 17.3. The van der Waals surface area contributed by atoms with Gasteiger partial charge in [0.05, 0.1) is 23.3 Å². The average Bonchev–Trinajstić information content (AvgIpc) is 3.76. The molecule has 0 aliphatic carbocycles. The molecule has 0 atom stereocenters. The van der Waals surface area contributed by atoms with Crippen molar-refractivity contribution in [2.45, 2.75) is 13.0 Å². The molecule has 0 amide bonds. The summed E-state index contributed by atoms with van der Waals surface area (Å²) >= 11 is 0. The number of nitrogens with zero attached hydrogens (tertiary/aromatic N) is 2. The van der Waals surface area contributed by atoms with Crippen molar-refractivity contribution >= 4 is 73.8 Å². The molecule has 0 radical (unpaired) electrons. The molecule has 0 bridgehead atoms. The zero-order valence-corrected chi connectivity index (χ0v) is 31.5. The van der Waals surface area contributed by atoms with E-state index in [0.717, 1.165) is 50.8 Å². The summed E-state index contributed by atoms with van der Waals surface area (Å²) in [4.78, 5) is 0. The molecule has 4 nitrogen and oxygen atoms in total. The summed E-state index contributed by atoms with van der Waals surface area (Å²) < 4.78 is 8.89. The van der Waals surface area contributed by atoms with Crippen molar-refractivity contribution in [3.05, 3.63) is 211 Å². The summed E-state index contributed by atoms with van der Waals surface area (Å²) in [6, 6.07) is 70.0. The number of benzene rings is 8. The number of furan rings is 1. The Labute approximate surface area is 321 Å². The summed E-state index contributed by atoms with van der Waals surface area (Å²) in [5, 5.41) is 10.7. The van der Waals surface area contributed by atoms with Gasteiger partial charge in [-0.2, -0.15) is 0 Å². The summed E-state index contributed by atoms with van der Waals surface area (Å²) in [6.45, 7) is 0.568. The summed E-state index contributed by atoms with van der Waals surface area (Å²) in [7, 11) is -1.77. The third-order valence-electron chi connectivity index (χ3n) is 10.9. The number of hydrazine groups is 1. The molecule has 5 heteroatoms. The maximum atomic E-state index is 6.90. The van der Waals surface area contributed by atoms with Gasteiger partial charge in [-0.25, -0.2) is 5.84 Å². The van der Waals surface area contributed by atoms with E-state index in [9.17, 15) is 0 Å². The van der Waals surface area contributed by atoms with Crippen LogP contribution in [-0.2, 0) is 13.0 Å². The smallest absolute Gasteiger partial charge is 0.136 e. The topological polar surface area (TPSA) is 47.3 Å². The maximum Gasteiger partial charge on any atom is 0.136 e. The summed E-state index contributed by atoms with van der Waals surface area (Å²) in [5.74, 6) is 6.90. The van der Waals surface area contributed by atoms with Crippen molar-refractivity contribution in [1.82, 2.24) is 4.57 Å². The quantitative estimate of drug-likeness (QED) is 0.0699. The minimum absolute atomic E-state index is 0.568. The lowest BCUT2D eigenvalue weighted by Crippen LogP contribution is -2.51. The molecule has 2 heterocycles. The molecule has 2 N–H and O–H groups in total. The van der Waals surface area contributed by atoms with Crippen molar-refractivity contribution in [1.29, 1.82) is 0 Å². The van der Waals surface area contributed by atoms with Crippen LogP contribution >= 0.6 is 0 Å². The van der Waals surface area contributed by atoms with Gasteiger partial charge in [0.2, 0.25) is 0 Å². The van der Waals surface area contributed by atoms with Gasteiger partial charge in [-0.05, 0) is 65.6 Å². The molecule has 10 rings (SSSR count). The number of hydrogen-bond acceptors (Lipinski definition) is 3. The van der Waals surface area contributed by atoms with Crippen LogP contribution in [0.2, 0.25) is 0 Å². The van der Waals surface area contributed by atoms with E-state index in [4.69, 9.17) is 10.3 Å². The number of fused-ring (bicyclic) bond motifs is 6. The highest BCUT2D eigenvalue weighted by Crippen LogP contribution is 2.38. The molecular weight excluding hydrogens is 687 g/mol. The SMILES string of the molecule is NN(Cc1cccc(-n2c3ccc([SiH](c4ccccc4)c4ccccc4)cc3c3cc4oc5ccccc5c4cc32)c1)c1ccccc1Cc1ccccc1. The Morgan fingerprint density at radius 1 is 0.473 bits per heavy atom. The van der Waals surface area contributed by atoms with Crippen LogP contribution in [0.1, 0.15) is 16.7 Å². The minimum atomic E-state index is -1.77. The molecule has 264 valence electrons. The third-order valence-corrected chi connectivity index (χ3v) is 14.1. The van der Waals surface area contributed by atoms with Gasteiger partial charge < -0.3 is 14.0 Å². The Morgan fingerprint density at radius 3 is 1.91 bits per heavy atom. The highest BCUT2D eigenvalue weighted by molar-refractivity contribution is 6.95. The first-order chi connectivity index (χ1) is 27.2. The van der Waals surface area contributed by atoms with Crippen molar-refractivity contribution < 1.29 is 4.42 Å². The van der Waals surface area contributed by atoms with E-state index in [-0.39, 0.29) is 0 Å². The summed E-state index contributed by atoms with van der Waals surface area (Å²) in [6.07, 6.45) is 0.823. The van der Waals surface area contributed by atoms with E-state index in [1.165, 1.54) is 43.0 Å². The number of nitrogens with two attached hydrogens (primary N) is 1. The Bertz CT molecular complexity index is 2910. The van der Waals surface area contributed by atoms with Gasteiger partial charge in [-0.15, -0.1) is 0 Å². The average molecular weight is 726 g/mol. The van der Waals surface area contributed by atoms with E-state index < -0.39 is 8.80 Å². The Hall–Kier alpha value is -6.66. The van der Waals surface area contributed by atoms with Crippen LogP contribution in [0.4, 0.5) is 5.69 Å². The molecule has 0 saturated carbocycles. The molecule has 8 aromatic carbocycles. The van der Waals surface area contributed by atoms with E-state index >= 15 is 0 Å². The van der Waals surface area contributed by atoms with Gasteiger partial charge in [0.1, 0.15) is 20.0 Å². The lowest BCUT2D eigenvalue weighted by Gasteiger charge is -2.22. The van der Waals surface area contributed by atoms with Gasteiger partial charge in [0.25, 0.3) is 0 Å². The number of aromatic nitrogens is 1. The monoisotopic (exact) mass is 725 g/mol. The molecule has 0 aliphatic heterocycles. The predicted molar refractivity (Wildman–Crippen MR) is 233 cm³/mol. The summed E-state index contributed by atoms with van der Waals surface area (Å²) in [5.41, 5.74) is 9.86. The first-order valence-electron chi connectivity index (χ1n) is 18.9. The molecule has 2 aromatic heterocycles. The second kappa shape index (κ2) is 14.0. The Kier molecular flexibility index (Phi) is 8.36. The standard InChI is InChI=1S/C50H39N3OSi/c51-52(46-25-12-10-18-37(46)29-35-15-4-1-5-16-35)34-36-17-14-19-38(30-36)53-47-28-27-41(55(39-20-6-2-7-21-39)40-22-8-3-9-23-40)31-43(47)44-33-50-45(32-48(44)53)42-24-11-13-26-49(42)54-50/h1-28,30-33,55H,29,34,51H2. The molecular formula is C50H39N3OSi. The highest BCUT2D eigenvalue weighted by atomic mass is 28.3. The maximum absolute atomic E-state index is 6.90. The van der Waals surface area contributed by atoms with E-state index in [2.05, 4.69) is 193 Å². The van der Waals surface area contributed by atoms with Crippen LogP contribution in [-0.4, -0.2) is 13.4 Å². The van der Waals surface area contributed by atoms with Crippen LogP contribution in [0.5, 0.6) is 0 Å². The van der Waals surface area contributed by atoms with Gasteiger partial charge >= 0.3 is 0 Å². The first kappa shape index (κ1) is 32.9. The van der Waals surface area contributed by atoms with Crippen LogP contribution in [0, 0.1) is 0 Å². The lowest BCUT2D eigenvalue weighted by molar-refractivity contribution is 0.669. The van der Waals surface area contributed by atoms with Crippen molar-refractivity contribution in [2.24, 2.45) is 5.84 Å². The molecule has 0 saturated heterocycles. The van der Waals surface area contributed by atoms with Crippen LogP contribution in [0.3, 0.4) is 0 Å². The van der Waals surface area contributed by atoms with Gasteiger partial charge in [0, 0.05) is 27.2 Å². The van der Waals surface area contributed by atoms with Gasteiger partial charge in [-0.1, -0.05) is 167 Å². The Morgan fingerprint density at radius 2 is 1.13 bits per heavy atom. The van der Waals surface area contributed by atoms with Crippen LogP contribution in [0.25, 0.3) is 49.4 Å². The first-order valence-corrected chi connectivity index (χ1v) is 20.6. The molecule has 0 spiro atoms. The lowest BCUT2D eigenvalue weighted by atomic mass is 10.0. The second-order valence-electron chi connectivity index (χ2n) is 14.4. The van der Waals surface area contributed by atoms with Gasteiger partial charge in [-0.3, -0.25) is 0 Å². The molecule has 0 fully saturated rings. The normalized spacial score (nSPS) is 11.7. The highest BCUT2D eigenvalue weighted by Gasteiger charge is 2.22. The van der Waals surface area contributed by atoms with E-state index in [1.807, 2.05) is 11.1 Å². The Balaban J connectivity index is 1.12. The van der Waals surface area contributed by atoms with Crippen molar-refractivity contribution in [3.63, 3.8) is 0 Å². The van der Waals surface area contributed by atoms with Crippen LogP contribution in [0.15, 0.2) is 199 Å². The molecule has 0 unspecified atom stereocenters. The zero-order chi connectivity index (χ0) is 36.7. The van der Waals surface area contributed by atoms with E-state index in [1.54, 1.807) is 0 Å². The number of hydrogen-bond donors (Lipinski definition) is 1. The van der Waals surface area contributed by atoms with Gasteiger partial charge in [0.15, 0.2) is 0 Å². The molecule has 10 aromatic rings. The molecule has 0 aliphatic rings. The third kappa shape index (κ3) is 6.10. The number of rotatable bonds is 9. The largest absolute Gasteiger partial charge is 0.456 e. The van der Waals surface area contributed by atoms with Crippen molar-refractivity contribution in [2.75, 3.05) is 5.01 Å². The fourth-order valence-corrected chi connectivity index (χ4v) is 11.4. The number of para-hydroxylation sites is 2. The minimum Gasteiger partial charge on any atom is -0.456 e. The number of anilines is 1. The molecule has 55 heavy (non-hydrogen) atoms. The van der Waals surface area contributed by atoms with Crippen LogP contribution < -0.4 is 26.4 Å². The fourth-order valence-electron chi connectivity index (χ4n) is 8.41. The fraction of sp³-hybridized carbons (Fsp3) is 0.0400. The van der Waals surface area contributed by atoms with Crippen molar-refractivity contribution in [3.8, 4) is 5.69 Å². The van der Waals surface area contributed by atoms with E-state index in [0.29, 0.717) is 6.54 Å². The predicted octanol–water partition coefficient (Wildman–Crippen LogP) is 9.40.